The fourth-order valence-corrected chi connectivity index (χ4v) is 2.73. The van der Waals surface area contributed by atoms with E-state index < -0.39 is 0 Å². The Kier molecular flexibility index (Phi) is 4.43. The minimum absolute atomic E-state index is 0.366. The van der Waals surface area contributed by atoms with Gasteiger partial charge in [-0.3, -0.25) is 0 Å². The van der Waals surface area contributed by atoms with Gasteiger partial charge >= 0.3 is 0 Å². The third kappa shape index (κ3) is 3.70. The van der Waals surface area contributed by atoms with E-state index in [4.69, 9.17) is 11.6 Å². The standard InChI is InChI=1S/C14H21ClN2/c1-11(12-5-3-6-13(15)9-12)16-14-7-4-8-17(2)10-14/h3,5-6,9,11,14,16H,4,7-8,10H2,1-2H3. The van der Waals surface area contributed by atoms with E-state index in [9.17, 15) is 0 Å². The monoisotopic (exact) mass is 252 g/mol. The second-order valence-corrected chi connectivity index (χ2v) is 5.48. The maximum atomic E-state index is 6.02. The number of likely N-dealkylation sites (N-methyl/N-ethyl adjacent to an activating group) is 1. The highest BCUT2D eigenvalue weighted by molar-refractivity contribution is 6.30. The minimum atomic E-state index is 0.366. The summed E-state index contributed by atoms with van der Waals surface area (Å²) in [5, 5.41) is 4.51. The molecule has 17 heavy (non-hydrogen) atoms. The van der Waals surface area contributed by atoms with Crippen LogP contribution in [-0.2, 0) is 0 Å². The first-order valence-corrected chi connectivity index (χ1v) is 6.73. The van der Waals surface area contributed by atoms with Gasteiger partial charge in [0.15, 0.2) is 0 Å². The number of piperidine rings is 1. The van der Waals surface area contributed by atoms with Crippen LogP contribution in [0.15, 0.2) is 24.3 Å². The van der Waals surface area contributed by atoms with Gasteiger partial charge in [0.05, 0.1) is 0 Å². The Morgan fingerprint density at radius 1 is 1.47 bits per heavy atom. The molecule has 0 aliphatic carbocycles. The molecule has 0 saturated carbocycles. The molecule has 0 spiro atoms. The number of nitrogens with zero attached hydrogens (tertiary/aromatic N) is 1. The van der Waals surface area contributed by atoms with Crippen LogP contribution in [0.5, 0.6) is 0 Å². The van der Waals surface area contributed by atoms with Gasteiger partial charge in [0.25, 0.3) is 0 Å². The summed E-state index contributed by atoms with van der Waals surface area (Å²) in [5.74, 6) is 0. The first-order chi connectivity index (χ1) is 8.15. The summed E-state index contributed by atoms with van der Waals surface area (Å²) < 4.78 is 0. The van der Waals surface area contributed by atoms with Crippen LogP contribution in [-0.4, -0.2) is 31.1 Å². The predicted molar refractivity (Wildman–Crippen MR) is 73.5 cm³/mol. The van der Waals surface area contributed by atoms with Crippen molar-refractivity contribution in [1.82, 2.24) is 10.2 Å². The summed E-state index contributed by atoms with van der Waals surface area (Å²) in [6.07, 6.45) is 2.56. The smallest absolute Gasteiger partial charge is 0.0409 e. The zero-order valence-corrected chi connectivity index (χ0v) is 11.4. The zero-order valence-electron chi connectivity index (χ0n) is 10.6. The van der Waals surface area contributed by atoms with E-state index in [0.29, 0.717) is 12.1 Å². The Balaban J connectivity index is 1.94. The number of hydrogen-bond acceptors (Lipinski definition) is 2. The second-order valence-electron chi connectivity index (χ2n) is 5.04. The van der Waals surface area contributed by atoms with Crippen LogP contribution < -0.4 is 5.32 Å². The molecule has 1 saturated heterocycles. The van der Waals surface area contributed by atoms with Crippen LogP contribution in [0, 0.1) is 0 Å². The molecule has 0 radical (unpaired) electrons. The van der Waals surface area contributed by atoms with E-state index in [0.717, 1.165) is 11.6 Å². The molecule has 1 aliphatic heterocycles. The van der Waals surface area contributed by atoms with Crippen molar-refractivity contribution in [2.45, 2.75) is 31.8 Å². The lowest BCUT2D eigenvalue weighted by Gasteiger charge is -2.32. The molecular formula is C14H21ClN2. The predicted octanol–water partition coefficient (Wildman–Crippen LogP) is 3.08. The molecule has 3 heteroatoms. The van der Waals surface area contributed by atoms with Gasteiger partial charge in [-0.2, -0.15) is 0 Å². The first-order valence-electron chi connectivity index (χ1n) is 6.35. The van der Waals surface area contributed by atoms with Gasteiger partial charge in [0, 0.05) is 23.7 Å². The first kappa shape index (κ1) is 12.9. The molecule has 2 nitrogen and oxygen atoms in total. The molecule has 2 atom stereocenters. The number of likely N-dealkylation sites (tertiary alicyclic amines) is 1. The van der Waals surface area contributed by atoms with E-state index >= 15 is 0 Å². The highest BCUT2D eigenvalue weighted by Crippen LogP contribution is 2.19. The fraction of sp³-hybridized carbons (Fsp3) is 0.571. The average molecular weight is 253 g/mol. The van der Waals surface area contributed by atoms with Crippen LogP contribution in [0.2, 0.25) is 5.02 Å². The normalized spacial score (nSPS) is 23.6. The molecule has 1 aromatic rings. The summed E-state index contributed by atoms with van der Waals surface area (Å²) in [7, 11) is 2.19. The zero-order chi connectivity index (χ0) is 12.3. The van der Waals surface area contributed by atoms with Gasteiger partial charge in [-0.25, -0.2) is 0 Å². The van der Waals surface area contributed by atoms with Gasteiger partial charge in [-0.1, -0.05) is 23.7 Å². The Morgan fingerprint density at radius 2 is 2.29 bits per heavy atom. The molecule has 1 aliphatic rings. The van der Waals surface area contributed by atoms with Crippen molar-refractivity contribution < 1.29 is 0 Å². The van der Waals surface area contributed by atoms with Gasteiger partial charge in [-0.05, 0) is 51.1 Å². The Bertz CT molecular complexity index is 367. The minimum Gasteiger partial charge on any atom is -0.306 e. The van der Waals surface area contributed by atoms with Gasteiger partial charge in [0.1, 0.15) is 0 Å². The van der Waals surface area contributed by atoms with Crippen LogP contribution in [0.1, 0.15) is 31.4 Å². The van der Waals surface area contributed by atoms with E-state index in [1.807, 2.05) is 18.2 Å². The van der Waals surface area contributed by atoms with Crippen molar-refractivity contribution in [3.8, 4) is 0 Å². The van der Waals surface area contributed by atoms with E-state index in [-0.39, 0.29) is 0 Å². The van der Waals surface area contributed by atoms with Gasteiger partial charge in [0.2, 0.25) is 0 Å². The lowest BCUT2D eigenvalue weighted by molar-refractivity contribution is 0.218. The number of nitrogens with one attached hydrogen (secondary N) is 1. The Labute approximate surface area is 109 Å². The molecule has 0 aromatic heterocycles. The van der Waals surface area contributed by atoms with Crippen LogP contribution in [0.3, 0.4) is 0 Å². The molecular weight excluding hydrogens is 232 g/mol. The maximum Gasteiger partial charge on any atom is 0.0409 e. The lowest BCUT2D eigenvalue weighted by Crippen LogP contribution is -2.44. The summed E-state index contributed by atoms with van der Waals surface area (Å²) in [5.41, 5.74) is 1.27. The summed E-state index contributed by atoms with van der Waals surface area (Å²) in [6.45, 7) is 4.58. The summed E-state index contributed by atoms with van der Waals surface area (Å²) >= 11 is 6.02. The largest absolute Gasteiger partial charge is 0.306 e. The van der Waals surface area contributed by atoms with Crippen molar-refractivity contribution >= 4 is 11.6 Å². The molecule has 1 fully saturated rings. The van der Waals surface area contributed by atoms with Crippen molar-refractivity contribution in [3.63, 3.8) is 0 Å². The fourth-order valence-electron chi connectivity index (χ4n) is 2.53. The number of halogens is 1. The molecule has 1 N–H and O–H groups in total. The third-order valence-electron chi connectivity index (χ3n) is 3.46. The van der Waals surface area contributed by atoms with Crippen molar-refractivity contribution in [2.24, 2.45) is 0 Å². The third-order valence-corrected chi connectivity index (χ3v) is 3.69. The number of rotatable bonds is 3. The molecule has 0 amide bonds. The molecule has 0 bridgehead atoms. The molecule has 2 unspecified atom stereocenters. The van der Waals surface area contributed by atoms with Crippen LogP contribution >= 0.6 is 11.6 Å². The maximum absolute atomic E-state index is 6.02. The highest BCUT2D eigenvalue weighted by Gasteiger charge is 2.19. The SMILES string of the molecule is CC(NC1CCCN(C)C1)c1cccc(Cl)c1. The molecule has 1 aromatic carbocycles. The van der Waals surface area contributed by atoms with Gasteiger partial charge in [-0.15, -0.1) is 0 Å². The molecule has 2 rings (SSSR count). The Morgan fingerprint density at radius 3 is 3.00 bits per heavy atom. The van der Waals surface area contributed by atoms with E-state index in [1.54, 1.807) is 0 Å². The van der Waals surface area contributed by atoms with E-state index in [1.165, 1.54) is 24.9 Å². The number of benzene rings is 1. The second kappa shape index (κ2) is 5.85. The Hall–Kier alpha value is -0.570. The van der Waals surface area contributed by atoms with Gasteiger partial charge < -0.3 is 10.2 Å². The van der Waals surface area contributed by atoms with E-state index in [2.05, 4.69) is 30.3 Å². The summed E-state index contributed by atoms with van der Waals surface area (Å²) in [6, 6.07) is 9.09. The van der Waals surface area contributed by atoms with Crippen molar-refractivity contribution in [3.05, 3.63) is 34.9 Å². The quantitative estimate of drug-likeness (QED) is 0.890. The summed E-state index contributed by atoms with van der Waals surface area (Å²) in [4.78, 5) is 2.39. The molecule has 1 heterocycles. The lowest BCUT2D eigenvalue weighted by atomic mass is 10.0. The average Bonchev–Trinajstić information content (AvgIpc) is 2.29. The highest BCUT2D eigenvalue weighted by atomic mass is 35.5. The van der Waals surface area contributed by atoms with Crippen molar-refractivity contribution in [2.75, 3.05) is 20.1 Å². The molecule has 94 valence electrons. The van der Waals surface area contributed by atoms with Crippen LogP contribution in [0.4, 0.5) is 0 Å². The number of hydrogen-bond donors (Lipinski definition) is 1. The topological polar surface area (TPSA) is 15.3 Å². The van der Waals surface area contributed by atoms with Crippen molar-refractivity contribution in [1.29, 1.82) is 0 Å². The van der Waals surface area contributed by atoms with Crippen LogP contribution in [0.25, 0.3) is 0 Å².